The standard InChI is InChI=1S/C17H27N3O2S/c1-13(2)4-5-15-6-7-16(18-10-15)19-17(21)20-8-9-23(22)12-14(3)11-20/h6-7,10,13-14H,4-5,8-9,11-12H2,1-3H3,(H,18,19,21)/t14-,23-/m1/s1. The molecule has 23 heavy (non-hydrogen) atoms. The average molecular weight is 337 g/mol. The number of aromatic nitrogens is 1. The fraction of sp³-hybridized carbons (Fsp3) is 0.647. The van der Waals surface area contributed by atoms with Gasteiger partial charge >= 0.3 is 6.03 Å². The smallest absolute Gasteiger partial charge is 0.323 e. The lowest BCUT2D eigenvalue weighted by atomic mass is 10.0. The second-order valence-electron chi connectivity index (χ2n) is 6.78. The van der Waals surface area contributed by atoms with Crippen LogP contribution in [0.1, 0.15) is 32.8 Å². The van der Waals surface area contributed by atoms with Crippen molar-refractivity contribution in [1.29, 1.82) is 0 Å². The summed E-state index contributed by atoms with van der Waals surface area (Å²) >= 11 is 0. The number of nitrogens with one attached hydrogen (secondary N) is 1. The monoisotopic (exact) mass is 337 g/mol. The molecule has 0 spiro atoms. The average Bonchev–Trinajstić information content (AvgIpc) is 2.67. The van der Waals surface area contributed by atoms with E-state index in [2.05, 4.69) is 24.1 Å². The number of hydrogen-bond acceptors (Lipinski definition) is 3. The zero-order valence-corrected chi connectivity index (χ0v) is 15.1. The van der Waals surface area contributed by atoms with E-state index < -0.39 is 10.8 Å². The minimum absolute atomic E-state index is 0.154. The summed E-state index contributed by atoms with van der Waals surface area (Å²) in [7, 11) is -0.818. The molecule has 2 heterocycles. The van der Waals surface area contributed by atoms with Gasteiger partial charge in [0.15, 0.2) is 0 Å². The molecule has 1 aromatic rings. The highest BCUT2D eigenvalue weighted by Gasteiger charge is 2.22. The summed E-state index contributed by atoms with van der Waals surface area (Å²) in [6.45, 7) is 7.62. The van der Waals surface area contributed by atoms with Crippen LogP contribution >= 0.6 is 0 Å². The summed E-state index contributed by atoms with van der Waals surface area (Å²) in [4.78, 5) is 18.4. The molecule has 1 N–H and O–H groups in total. The highest BCUT2D eigenvalue weighted by molar-refractivity contribution is 7.85. The highest BCUT2D eigenvalue weighted by atomic mass is 32.2. The van der Waals surface area contributed by atoms with Gasteiger partial charge < -0.3 is 4.90 Å². The Kier molecular flexibility index (Phi) is 6.57. The molecule has 1 aromatic heterocycles. The minimum Gasteiger partial charge on any atom is -0.323 e. The van der Waals surface area contributed by atoms with E-state index >= 15 is 0 Å². The van der Waals surface area contributed by atoms with Crippen LogP contribution < -0.4 is 5.32 Å². The molecule has 6 heteroatoms. The summed E-state index contributed by atoms with van der Waals surface area (Å²) in [5, 5.41) is 2.84. The predicted octanol–water partition coefficient (Wildman–Crippen LogP) is 2.90. The van der Waals surface area contributed by atoms with Gasteiger partial charge in [-0.1, -0.05) is 26.8 Å². The van der Waals surface area contributed by atoms with Crippen LogP contribution in [0.25, 0.3) is 0 Å². The number of rotatable bonds is 4. The Bertz CT molecular complexity index is 545. The molecule has 0 bridgehead atoms. The molecule has 1 saturated heterocycles. The van der Waals surface area contributed by atoms with E-state index in [9.17, 15) is 9.00 Å². The van der Waals surface area contributed by atoms with Gasteiger partial charge in [-0.25, -0.2) is 9.78 Å². The van der Waals surface area contributed by atoms with Crippen LogP contribution in [0.3, 0.4) is 0 Å². The Morgan fingerprint density at radius 1 is 1.48 bits per heavy atom. The quantitative estimate of drug-likeness (QED) is 0.919. The summed E-state index contributed by atoms with van der Waals surface area (Å²) in [6, 6.07) is 3.72. The number of amides is 2. The number of anilines is 1. The second-order valence-corrected chi connectivity index (χ2v) is 8.40. The Morgan fingerprint density at radius 3 is 2.91 bits per heavy atom. The van der Waals surface area contributed by atoms with Gasteiger partial charge in [-0.2, -0.15) is 0 Å². The van der Waals surface area contributed by atoms with E-state index in [1.54, 1.807) is 4.90 Å². The molecular weight excluding hydrogens is 310 g/mol. The van der Waals surface area contributed by atoms with Crippen LogP contribution in [0.2, 0.25) is 0 Å². The number of carbonyl (C=O) groups is 1. The van der Waals surface area contributed by atoms with Gasteiger partial charge in [-0.05, 0) is 36.3 Å². The molecule has 0 aliphatic carbocycles. The molecule has 0 radical (unpaired) electrons. The van der Waals surface area contributed by atoms with E-state index in [-0.39, 0.29) is 11.9 Å². The Morgan fingerprint density at radius 2 is 2.26 bits per heavy atom. The molecular formula is C17H27N3O2S. The third kappa shape index (κ3) is 5.94. The predicted molar refractivity (Wildman–Crippen MR) is 95.0 cm³/mol. The number of urea groups is 1. The lowest BCUT2D eigenvalue weighted by molar-refractivity contribution is 0.209. The number of pyridine rings is 1. The van der Waals surface area contributed by atoms with Crippen LogP contribution in [-0.2, 0) is 17.2 Å². The van der Waals surface area contributed by atoms with Crippen molar-refractivity contribution in [3.05, 3.63) is 23.9 Å². The van der Waals surface area contributed by atoms with Gasteiger partial charge in [0, 0.05) is 41.6 Å². The zero-order chi connectivity index (χ0) is 16.8. The minimum atomic E-state index is -0.818. The number of nitrogens with zero attached hydrogens (tertiary/aromatic N) is 2. The van der Waals surface area contributed by atoms with Crippen molar-refractivity contribution < 1.29 is 9.00 Å². The Balaban J connectivity index is 1.90. The van der Waals surface area contributed by atoms with Gasteiger partial charge in [0.05, 0.1) is 0 Å². The third-order valence-corrected chi connectivity index (χ3v) is 5.53. The third-order valence-electron chi connectivity index (χ3n) is 3.95. The molecule has 0 unspecified atom stereocenters. The molecule has 2 amide bonds. The SMILES string of the molecule is CC(C)CCc1ccc(NC(=O)N2CC[S@@](=O)C[C@H](C)C2)nc1. The molecule has 1 aliphatic rings. The van der Waals surface area contributed by atoms with Gasteiger partial charge in [0.1, 0.15) is 5.82 Å². The number of carbonyl (C=O) groups excluding carboxylic acids is 1. The van der Waals surface area contributed by atoms with Crippen molar-refractivity contribution in [3.8, 4) is 0 Å². The van der Waals surface area contributed by atoms with Crippen molar-refractivity contribution in [2.24, 2.45) is 11.8 Å². The van der Waals surface area contributed by atoms with Gasteiger partial charge in [-0.15, -0.1) is 0 Å². The van der Waals surface area contributed by atoms with Crippen LogP contribution in [-0.4, -0.2) is 44.7 Å². The Labute approximate surface area is 141 Å². The first-order valence-corrected chi connectivity index (χ1v) is 9.78. The van der Waals surface area contributed by atoms with Crippen LogP contribution in [0.15, 0.2) is 18.3 Å². The highest BCUT2D eigenvalue weighted by Crippen LogP contribution is 2.13. The molecule has 1 aliphatic heterocycles. The molecule has 2 rings (SSSR count). The van der Waals surface area contributed by atoms with Gasteiger partial charge in [0.2, 0.25) is 0 Å². The zero-order valence-electron chi connectivity index (χ0n) is 14.2. The summed E-state index contributed by atoms with van der Waals surface area (Å²) in [5.74, 6) is 2.73. The van der Waals surface area contributed by atoms with Crippen molar-refractivity contribution in [2.75, 3.05) is 29.9 Å². The fourth-order valence-corrected chi connectivity index (χ4v) is 3.94. The van der Waals surface area contributed by atoms with Crippen LogP contribution in [0, 0.1) is 11.8 Å². The lowest BCUT2D eigenvalue weighted by Gasteiger charge is -2.22. The van der Waals surface area contributed by atoms with E-state index in [0.717, 1.165) is 12.8 Å². The largest absolute Gasteiger partial charge is 0.323 e. The topological polar surface area (TPSA) is 62.3 Å². The van der Waals surface area contributed by atoms with E-state index in [1.165, 1.54) is 5.56 Å². The maximum absolute atomic E-state index is 12.3. The normalized spacial score (nSPS) is 22.0. The van der Waals surface area contributed by atoms with E-state index in [0.29, 0.717) is 36.3 Å². The maximum Gasteiger partial charge on any atom is 0.323 e. The molecule has 2 atom stereocenters. The van der Waals surface area contributed by atoms with E-state index in [1.807, 2.05) is 25.3 Å². The second kappa shape index (κ2) is 8.43. The summed E-state index contributed by atoms with van der Waals surface area (Å²) in [6.07, 6.45) is 3.97. The fourth-order valence-electron chi connectivity index (χ4n) is 2.61. The number of hydrogen-bond donors (Lipinski definition) is 1. The summed E-state index contributed by atoms with van der Waals surface area (Å²) in [5.41, 5.74) is 1.19. The van der Waals surface area contributed by atoms with Crippen LogP contribution in [0.5, 0.6) is 0 Å². The maximum atomic E-state index is 12.3. The summed E-state index contributed by atoms with van der Waals surface area (Å²) < 4.78 is 11.7. The first-order chi connectivity index (χ1) is 10.9. The van der Waals surface area contributed by atoms with E-state index in [4.69, 9.17) is 0 Å². The van der Waals surface area contributed by atoms with Gasteiger partial charge in [0.25, 0.3) is 0 Å². The van der Waals surface area contributed by atoms with Crippen LogP contribution in [0.4, 0.5) is 10.6 Å². The number of aryl methyl sites for hydroxylation is 1. The molecule has 0 saturated carbocycles. The molecule has 128 valence electrons. The van der Waals surface area contributed by atoms with Crippen molar-refractivity contribution in [3.63, 3.8) is 0 Å². The van der Waals surface area contributed by atoms with Crippen molar-refractivity contribution in [2.45, 2.75) is 33.6 Å². The molecule has 1 fully saturated rings. The van der Waals surface area contributed by atoms with Crippen molar-refractivity contribution in [1.82, 2.24) is 9.88 Å². The van der Waals surface area contributed by atoms with Crippen molar-refractivity contribution >= 4 is 22.6 Å². The molecule has 0 aromatic carbocycles. The van der Waals surface area contributed by atoms with Gasteiger partial charge in [-0.3, -0.25) is 9.53 Å². The molecule has 5 nitrogen and oxygen atoms in total. The Hall–Kier alpha value is -1.43. The first-order valence-electron chi connectivity index (χ1n) is 8.30. The lowest BCUT2D eigenvalue weighted by Crippen LogP contribution is -2.38. The first kappa shape index (κ1) is 17.9.